The van der Waals surface area contributed by atoms with Crippen molar-refractivity contribution in [1.29, 1.82) is 0 Å². The number of rotatable bonds is 6. The van der Waals surface area contributed by atoms with Crippen LogP contribution < -0.4 is 61.4 Å². The number of benzene rings is 2. The second-order valence-corrected chi connectivity index (χ2v) is 9.16. The molecule has 2 heterocycles. The Morgan fingerprint density at radius 2 is 1.85 bits per heavy atom. The van der Waals surface area contributed by atoms with Crippen molar-refractivity contribution in [2.24, 2.45) is 5.92 Å². The predicted molar refractivity (Wildman–Crippen MR) is 139 cm³/mol. The van der Waals surface area contributed by atoms with Gasteiger partial charge >= 0.3 is 57.6 Å². The number of nitrogens with zero attached hydrogens (tertiary/aromatic N) is 2. The molecular formula is C29H28F4KN3O3Y-2. The molecule has 211 valence electrons. The molecule has 1 aliphatic heterocycles. The molecule has 0 bridgehead atoms. The van der Waals surface area contributed by atoms with Crippen molar-refractivity contribution in [3.05, 3.63) is 83.2 Å². The summed E-state index contributed by atoms with van der Waals surface area (Å²) in [5.41, 5.74) is -0.123. The molecule has 1 saturated carbocycles. The van der Waals surface area contributed by atoms with Crippen molar-refractivity contribution < 1.29 is 116 Å². The van der Waals surface area contributed by atoms with E-state index in [-0.39, 0.29) is 113 Å². The van der Waals surface area contributed by atoms with Crippen LogP contribution in [0.4, 0.5) is 28.9 Å². The molecule has 1 unspecified atom stereocenters. The van der Waals surface area contributed by atoms with E-state index in [9.17, 15) is 27.2 Å². The van der Waals surface area contributed by atoms with Gasteiger partial charge < -0.3 is 25.1 Å². The van der Waals surface area contributed by atoms with Crippen molar-refractivity contribution in [2.75, 3.05) is 6.54 Å². The molecule has 5 rings (SSSR count). The summed E-state index contributed by atoms with van der Waals surface area (Å²) < 4.78 is 58.2. The molecule has 1 atom stereocenters. The molecule has 3 aromatic rings. The summed E-state index contributed by atoms with van der Waals surface area (Å²) >= 11 is 0. The van der Waals surface area contributed by atoms with Crippen molar-refractivity contribution in [2.45, 2.75) is 51.7 Å². The van der Waals surface area contributed by atoms with Crippen LogP contribution in [0.2, 0.25) is 0 Å². The summed E-state index contributed by atoms with van der Waals surface area (Å²) in [6, 6.07) is 10.5. The van der Waals surface area contributed by atoms with Gasteiger partial charge in [0.25, 0.3) is 0 Å². The number of ketones is 1. The van der Waals surface area contributed by atoms with Crippen LogP contribution in [0, 0.1) is 24.9 Å². The normalized spacial score (nSPS) is 15.4. The van der Waals surface area contributed by atoms with Crippen molar-refractivity contribution >= 4 is 23.4 Å². The van der Waals surface area contributed by atoms with E-state index in [2.05, 4.69) is 21.8 Å². The van der Waals surface area contributed by atoms with Gasteiger partial charge in [-0.15, -0.1) is 29.4 Å². The summed E-state index contributed by atoms with van der Waals surface area (Å²) in [5.74, 6) is 0.241. The Kier molecular flexibility index (Phi) is 17.2. The van der Waals surface area contributed by atoms with Gasteiger partial charge in [-0.3, -0.25) is 11.1 Å². The minimum absolute atomic E-state index is 0. The number of carbonyl (C=O) groups is 1. The first-order valence-corrected chi connectivity index (χ1v) is 12.4. The molecule has 2 fully saturated rings. The Balaban J connectivity index is 0.000000461. The first kappa shape index (κ1) is 38.0. The van der Waals surface area contributed by atoms with E-state index in [0.717, 1.165) is 50.4 Å². The Morgan fingerprint density at radius 3 is 2.32 bits per heavy atom. The van der Waals surface area contributed by atoms with Crippen molar-refractivity contribution in [3.63, 3.8) is 0 Å². The molecule has 2 aromatic carbocycles. The number of hydrogen-bond donors (Lipinski definition) is 1. The van der Waals surface area contributed by atoms with Gasteiger partial charge in [0, 0.05) is 38.5 Å². The van der Waals surface area contributed by atoms with Crippen LogP contribution in [0.3, 0.4) is 0 Å². The summed E-state index contributed by atoms with van der Waals surface area (Å²) in [5, 5.41) is 7.18. The fraction of sp³-hybridized carbons (Fsp3) is 0.345. The van der Waals surface area contributed by atoms with Crippen molar-refractivity contribution in [3.8, 4) is 11.5 Å². The molecular weight excluding hydrogens is 642 g/mol. The number of ether oxygens (including phenoxy) is 1. The van der Waals surface area contributed by atoms with Gasteiger partial charge in [-0.05, 0) is 51.4 Å². The van der Waals surface area contributed by atoms with E-state index in [4.69, 9.17) is 4.74 Å². The zero-order valence-electron chi connectivity index (χ0n) is 23.1. The molecule has 12 heteroatoms. The Morgan fingerprint density at radius 1 is 1.12 bits per heavy atom. The standard InChI is InChI=1S/C19H12F4N2O.C6H11NO.C4H5O.K.Y/c1-12-8-13(19(21,22)23)10-15(9-12)25-14-2-3-18(17(20)11-14)26-16-4-6-24-7-5-16;1-5(8)6-3-2-4-7-6;5-3-4-1-2-4;;/h2-6,8-11H,1H3;6-7H,2-4H2,1H3;4H,1-2H2;;/q-2;;-1;+1;. The number of pyridine rings is 1. The number of aryl methyl sites for hydroxylation is 1. The van der Waals surface area contributed by atoms with E-state index in [0.29, 0.717) is 17.2 Å². The predicted octanol–water partition coefficient (Wildman–Crippen LogP) is 4.31. The van der Waals surface area contributed by atoms with Crippen molar-refractivity contribution in [1.82, 2.24) is 10.3 Å². The third-order valence-electron chi connectivity index (χ3n) is 5.68. The summed E-state index contributed by atoms with van der Waals surface area (Å²) in [7, 11) is 0. The monoisotopic (exact) mass is 670 g/mol. The largest absolute Gasteiger partial charge is 1.00 e. The molecule has 1 aliphatic carbocycles. The number of Topliss-reactive ketones (excluding diaryl/α,β-unsaturated/α-hetero) is 1. The van der Waals surface area contributed by atoms with Gasteiger partial charge in [-0.2, -0.15) is 13.2 Å². The average molecular weight is 671 g/mol. The zero-order chi connectivity index (χ0) is 28.4. The van der Waals surface area contributed by atoms with E-state index in [1.165, 1.54) is 37.4 Å². The maximum absolute atomic E-state index is 14.2. The summed E-state index contributed by atoms with van der Waals surface area (Å²) in [4.78, 5) is 23.7. The third kappa shape index (κ3) is 13.9. The maximum atomic E-state index is 14.2. The van der Waals surface area contributed by atoms with Crippen LogP contribution in [0.25, 0.3) is 5.32 Å². The smallest absolute Gasteiger partial charge is 0.658 e. The average Bonchev–Trinajstić information content (AvgIpc) is 3.57. The first-order chi connectivity index (χ1) is 18.5. The van der Waals surface area contributed by atoms with Gasteiger partial charge in [-0.25, -0.2) is 4.39 Å². The summed E-state index contributed by atoms with van der Waals surface area (Å²) in [6.07, 6.45) is 5.80. The number of nitrogens with one attached hydrogen (secondary N) is 1. The third-order valence-corrected chi connectivity index (χ3v) is 5.68. The topological polar surface area (TPSA) is 82.4 Å². The Hall–Kier alpha value is -1.05. The zero-order valence-corrected chi connectivity index (χ0v) is 29.1. The van der Waals surface area contributed by atoms with Gasteiger partial charge in [0.05, 0.1) is 11.6 Å². The number of alkyl halides is 3. The van der Waals surface area contributed by atoms with Crippen LogP contribution in [-0.4, -0.2) is 29.6 Å². The molecule has 6 nitrogen and oxygen atoms in total. The van der Waals surface area contributed by atoms with Gasteiger partial charge in [-0.1, -0.05) is 49.0 Å². The Bertz CT molecular complexity index is 1260. The van der Waals surface area contributed by atoms with Crippen LogP contribution in [-0.2, 0) is 48.5 Å². The first-order valence-electron chi connectivity index (χ1n) is 12.4. The van der Waals surface area contributed by atoms with Gasteiger partial charge in [0.1, 0.15) is 11.5 Å². The molecule has 0 amide bonds. The fourth-order valence-electron chi connectivity index (χ4n) is 3.51. The molecule has 2 aliphatic rings. The second-order valence-electron chi connectivity index (χ2n) is 9.16. The molecule has 1 saturated heterocycles. The number of halogens is 4. The number of carbonyl (C=O) groups excluding carboxylic acids is 2. The van der Waals surface area contributed by atoms with Crippen LogP contribution in [0.1, 0.15) is 43.7 Å². The SMILES string of the molecule is CC(=O)C1CCCN1.Cc1cc([N-]c2ccc(Oc3c[c-]ncc3)c(F)c2)cc(C(F)(F)F)c1.O=[C-]C1CC1.[K+].[Y]. The molecule has 1 aromatic heterocycles. The van der Waals surface area contributed by atoms with E-state index in [1.807, 2.05) is 6.29 Å². The maximum Gasteiger partial charge on any atom is 1.00 e. The number of aromatic nitrogens is 1. The molecule has 0 spiro atoms. The number of hydrogen-bond acceptors (Lipinski definition) is 5. The van der Waals surface area contributed by atoms with Crippen LogP contribution in [0.5, 0.6) is 11.5 Å². The minimum atomic E-state index is -4.47. The summed E-state index contributed by atoms with van der Waals surface area (Å²) in [6.45, 7) is 4.20. The van der Waals surface area contributed by atoms with E-state index in [1.54, 1.807) is 13.0 Å². The molecule has 1 N–H and O–H groups in total. The Labute approximate surface area is 305 Å². The van der Waals surface area contributed by atoms with Gasteiger partial charge in [0.2, 0.25) is 0 Å². The van der Waals surface area contributed by atoms with Gasteiger partial charge in [0.15, 0.2) is 5.82 Å². The molecule has 41 heavy (non-hydrogen) atoms. The van der Waals surface area contributed by atoms with Crippen LogP contribution >= 0.6 is 0 Å². The fourth-order valence-corrected chi connectivity index (χ4v) is 3.51. The second kappa shape index (κ2) is 18.6. The van der Waals surface area contributed by atoms with E-state index < -0.39 is 17.6 Å². The minimum Gasteiger partial charge on any atom is -0.658 e. The van der Waals surface area contributed by atoms with E-state index >= 15 is 0 Å². The van der Waals surface area contributed by atoms with Crippen LogP contribution in [0.15, 0.2) is 54.7 Å². The quantitative estimate of drug-likeness (QED) is 0.240. The molecule has 1 radical (unpaired) electrons.